The maximum atomic E-state index is 14.5. The van der Waals surface area contributed by atoms with Gasteiger partial charge in [0.2, 0.25) is 0 Å². The third kappa shape index (κ3) is 8.86. The van der Waals surface area contributed by atoms with Crippen LogP contribution in [0.3, 0.4) is 0 Å². The van der Waals surface area contributed by atoms with Gasteiger partial charge in [-0.15, -0.1) is 0 Å². The Labute approximate surface area is 211 Å². The number of hydrogen-bond acceptors (Lipinski definition) is 5. The first-order valence-electron chi connectivity index (χ1n) is 12.6. The molecule has 1 aliphatic carbocycles. The van der Waals surface area contributed by atoms with Crippen LogP contribution in [0.1, 0.15) is 79.7 Å². The summed E-state index contributed by atoms with van der Waals surface area (Å²) in [5, 5.41) is 5.49. The number of nitrogens with one attached hydrogen (secondary N) is 2. The van der Waals surface area contributed by atoms with Crippen LogP contribution in [0.5, 0.6) is 0 Å². The molecule has 1 aliphatic rings. The van der Waals surface area contributed by atoms with E-state index in [9.17, 15) is 14.0 Å². The van der Waals surface area contributed by atoms with Crippen molar-refractivity contribution in [1.82, 2.24) is 10.3 Å². The first kappa shape index (κ1) is 29.2. The molecular formula is C26H44FN3O4Si. The van der Waals surface area contributed by atoms with Crippen LogP contribution in [0, 0.1) is 17.7 Å². The van der Waals surface area contributed by atoms with Crippen LogP contribution < -0.4 is 10.6 Å². The summed E-state index contributed by atoms with van der Waals surface area (Å²) in [4.78, 5) is 29.8. The van der Waals surface area contributed by atoms with Gasteiger partial charge in [0.05, 0.1) is 12.8 Å². The molecule has 1 aromatic rings. The first-order chi connectivity index (χ1) is 16.0. The normalized spacial score (nSPS) is 20.2. The van der Waals surface area contributed by atoms with Crippen LogP contribution in [0.4, 0.5) is 15.0 Å². The van der Waals surface area contributed by atoms with Gasteiger partial charge in [0.1, 0.15) is 11.6 Å². The van der Waals surface area contributed by atoms with E-state index in [1.807, 2.05) is 20.8 Å². The molecule has 2 amide bonds. The monoisotopic (exact) mass is 509 g/mol. The summed E-state index contributed by atoms with van der Waals surface area (Å²) in [7, 11) is -2.08. The van der Waals surface area contributed by atoms with Gasteiger partial charge in [-0.1, -0.05) is 40.5 Å². The van der Waals surface area contributed by atoms with Crippen molar-refractivity contribution in [2.45, 2.75) is 111 Å². The van der Waals surface area contributed by atoms with Crippen molar-refractivity contribution in [2.75, 3.05) is 5.32 Å². The maximum absolute atomic E-state index is 14.5. The molecule has 9 heteroatoms. The van der Waals surface area contributed by atoms with E-state index in [1.54, 1.807) is 0 Å². The van der Waals surface area contributed by atoms with Crippen molar-refractivity contribution in [2.24, 2.45) is 11.8 Å². The molecule has 2 N–H and O–H groups in total. The highest BCUT2D eigenvalue weighted by atomic mass is 28.4. The number of alkyl carbamates (subject to hydrolysis) is 1. The standard InChI is InChI=1S/C26H44FN3O4Si/c1-17-10-12-18(13-11-17)22(34-24(32)30-25(2,3)4)23(31)29-21-14-19(20(27)15-28-21)16-33-35(8,9)26(5,6)7/h14-15,17-18,22H,10-13,16H2,1-9H3,(H,30,32)(H,28,29,31). The number of aromatic nitrogens is 1. The molecule has 1 atom stereocenters. The number of carbonyl (C=O) groups is 2. The van der Waals surface area contributed by atoms with Gasteiger partial charge >= 0.3 is 6.09 Å². The molecule has 35 heavy (non-hydrogen) atoms. The Morgan fingerprint density at radius 3 is 2.29 bits per heavy atom. The lowest BCUT2D eigenvalue weighted by Crippen LogP contribution is -2.47. The smallest absolute Gasteiger partial charge is 0.408 e. The molecule has 1 heterocycles. The van der Waals surface area contributed by atoms with Crippen molar-refractivity contribution in [3.05, 3.63) is 23.6 Å². The van der Waals surface area contributed by atoms with Gasteiger partial charge in [-0.2, -0.15) is 0 Å². The van der Waals surface area contributed by atoms with Crippen LogP contribution in [0.2, 0.25) is 18.1 Å². The van der Waals surface area contributed by atoms with Crippen LogP contribution >= 0.6 is 0 Å². The molecule has 7 nitrogen and oxygen atoms in total. The SMILES string of the molecule is CC1CCC(C(OC(=O)NC(C)(C)C)C(=O)Nc2cc(CO[Si](C)(C)C(C)(C)C)c(F)cn2)CC1. The molecule has 0 aromatic carbocycles. The minimum absolute atomic E-state index is 0.0107. The number of pyridine rings is 1. The fraction of sp³-hybridized carbons (Fsp3) is 0.731. The Bertz CT molecular complexity index is 888. The Morgan fingerprint density at radius 2 is 1.74 bits per heavy atom. The lowest BCUT2D eigenvalue weighted by atomic mass is 9.80. The Hall–Kier alpha value is -2.00. The van der Waals surface area contributed by atoms with Crippen LogP contribution in [-0.2, 0) is 20.6 Å². The second-order valence-corrected chi connectivity index (χ2v) is 17.2. The van der Waals surface area contributed by atoms with Crippen LogP contribution in [0.15, 0.2) is 12.3 Å². The van der Waals surface area contributed by atoms with Gasteiger partial charge in [-0.05, 0) is 63.7 Å². The molecular weight excluding hydrogens is 465 g/mol. The van der Waals surface area contributed by atoms with Crippen LogP contribution in [0.25, 0.3) is 0 Å². The quantitative estimate of drug-likeness (QED) is 0.415. The van der Waals surface area contributed by atoms with E-state index in [2.05, 4.69) is 56.4 Å². The number of hydrogen-bond donors (Lipinski definition) is 2. The lowest BCUT2D eigenvalue weighted by molar-refractivity contribution is -0.128. The summed E-state index contributed by atoms with van der Waals surface area (Å²) in [6, 6.07) is 1.50. The number of carbonyl (C=O) groups excluding carboxylic acids is 2. The molecule has 2 rings (SSSR count). The highest BCUT2D eigenvalue weighted by Crippen LogP contribution is 2.37. The number of rotatable bonds is 7. The number of halogens is 1. The van der Waals surface area contributed by atoms with E-state index >= 15 is 0 Å². The van der Waals surface area contributed by atoms with Gasteiger partial charge in [0.15, 0.2) is 14.4 Å². The number of nitrogens with zero attached hydrogens (tertiary/aromatic N) is 1. The molecule has 0 radical (unpaired) electrons. The summed E-state index contributed by atoms with van der Waals surface area (Å²) >= 11 is 0. The predicted molar refractivity (Wildman–Crippen MR) is 139 cm³/mol. The molecule has 1 saturated carbocycles. The largest absolute Gasteiger partial charge is 0.436 e. The van der Waals surface area contributed by atoms with E-state index in [0.29, 0.717) is 11.5 Å². The average Bonchev–Trinajstić information content (AvgIpc) is 2.71. The zero-order valence-corrected chi connectivity index (χ0v) is 23.9. The van der Waals surface area contributed by atoms with Gasteiger partial charge in [0.25, 0.3) is 5.91 Å². The fourth-order valence-electron chi connectivity index (χ4n) is 3.73. The third-order valence-corrected chi connectivity index (χ3v) is 11.5. The summed E-state index contributed by atoms with van der Waals surface area (Å²) in [6.07, 6.45) is 3.04. The van der Waals surface area contributed by atoms with E-state index in [-0.39, 0.29) is 23.4 Å². The number of amides is 2. The molecule has 198 valence electrons. The lowest BCUT2D eigenvalue weighted by Gasteiger charge is -2.36. The van der Waals surface area contributed by atoms with E-state index in [0.717, 1.165) is 31.9 Å². The first-order valence-corrected chi connectivity index (χ1v) is 15.5. The second-order valence-electron chi connectivity index (χ2n) is 12.4. The molecule has 1 fully saturated rings. The number of ether oxygens (including phenoxy) is 1. The van der Waals surface area contributed by atoms with Crippen molar-refractivity contribution in [3.8, 4) is 0 Å². The van der Waals surface area contributed by atoms with Crippen molar-refractivity contribution >= 4 is 26.1 Å². The van der Waals surface area contributed by atoms with Crippen molar-refractivity contribution in [1.29, 1.82) is 0 Å². The maximum Gasteiger partial charge on any atom is 0.408 e. The molecule has 0 aliphatic heterocycles. The van der Waals surface area contributed by atoms with Crippen molar-refractivity contribution < 1.29 is 23.1 Å². The molecule has 1 aromatic heterocycles. The zero-order valence-electron chi connectivity index (χ0n) is 22.9. The average molecular weight is 510 g/mol. The molecule has 0 spiro atoms. The van der Waals surface area contributed by atoms with Gasteiger partial charge in [0, 0.05) is 17.0 Å². The number of anilines is 1. The topological polar surface area (TPSA) is 89.5 Å². The van der Waals surface area contributed by atoms with Gasteiger partial charge in [-0.25, -0.2) is 14.2 Å². The minimum atomic E-state index is -2.08. The zero-order chi connectivity index (χ0) is 26.6. The highest BCUT2D eigenvalue weighted by Gasteiger charge is 2.38. The van der Waals surface area contributed by atoms with E-state index < -0.39 is 37.8 Å². The molecule has 1 unspecified atom stereocenters. The summed E-state index contributed by atoms with van der Waals surface area (Å²) in [6.45, 7) is 18.4. The van der Waals surface area contributed by atoms with Gasteiger partial charge in [-0.3, -0.25) is 4.79 Å². The van der Waals surface area contributed by atoms with E-state index in [1.165, 1.54) is 6.07 Å². The van der Waals surface area contributed by atoms with E-state index in [4.69, 9.17) is 9.16 Å². The Balaban J connectivity index is 2.17. The minimum Gasteiger partial charge on any atom is -0.436 e. The fourth-order valence-corrected chi connectivity index (χ4v) is 4.68. The summed E-state index contributed by atoms with van der Waals surface area (Å²) in [5.74, 6) is -0.233. The summed E-state index contributed by atoms with van der Waals surface area (Å²) < 4.78 is 26.3. The highest BCUT2D eigenvalue weighted by molar-refractivity contribution is 6.74. The van der Waals surface area contributed by atoms with Gasteiger partial charge < -0.3 is 19.8 Å². The summed E-state index contributed by atoms with van der Waals surface area (Å²) in [5.41, 5.74) is -0.161. The third-order valence-electron chi connectivity index (χ3n) is 7.04. The Morgan fingerprint density at radius 1 is 1.14 bits per heavy atom. The molecule has 0 saturated heterocycles. The molecule has 0 bridgehead atoms. The Kier molecular flexibility index (Phi) is 9.50. The van der Waals surface area contributed by atoms with Crippen LogP contribution in [-0.4, -0.2) is 36.9 Å². The van der Waals surface area contributed by atoms with Crippen molar-refractivity contribution in [3.63, 3.8) is 0 Å². The second kappa shape index (κ2) is 11.4. The predicted octanol–water partition coefficient (Wildman–Crippen LogP) is 6.40.